The van der Waals surface area contributed by atoms with Crippen molar-refractivity contribution in [1.29, 1.82) is 0 Å². The van der Waals surface area contributed by atoms with Crippen LogP contribution < -0.4 is 5.32 Å². The first-order valence-electron chi connectivity index (χ1n) is 5.77. The average molecular weight is 205 g/mol. The molecule has 2 nitrogen and oxygen atoms in total. The minimum absolute atomic E-state index is 0.352. The fraction of sp³-hybridized carbons (Fsp3) is 0.538. The molecule has 1 saturated carbocycles. The molecule has 82 valence electrons. The van der Waals surface area contributed by atoms with Crippen LogP contribution in [0.15, 0.2) is 24.3 Å². The zero-order chi connectivity index (χ0) is 10.7. The van der Waals surface area contributed by atoms with Gasteiger partial charge in [-0.05, 0) is 43.4 Å². The SMILES string of the molecule is CC(NCc1cccc(O)c1)C1CCC1. The minimum atomic E-state index is 0.352. The van der Waals surface area contributed by atoms with Crippen LogP contribution in [0.1, 0.15) is 31.7 Å². The Morgan fingerprint density at radius 2 is 2.27 bits per heavy atom. The summed E-state index contributed by atoms with van der Waals surface area (Å²) in [5.74, 6) is 1.22. The van der Waals surface area contributed by atoms with E-state index in [0.717, 1.165) is 18.0 Å². The summed E-state index contributed by atoms with van der Waals surface area (Å²) in [5.41, 5.74) is 1.15. The zero-order valence-corrected chi connectivity index (χ0v) is 9.24. The molecule has 0 bridgehead atoms. The monoisotopic (exact) mass is 205 g/mol. The molecule has 2 N–H and O–H groups in total. The second-order valence-electron chi connectivity index (χ2n) is 4.53. The number of phenolic OH excluding ortho intramolecular Hbond substituents is 1. The van der Waals surface area contributed by atoms with Crippen LogP contribution in [0.3, 0.4) is 0 Å². The van der Waals surface area contributed by atoms with Crippen molar-refractivity contribution >= 4 is 0 Å². The maximum Gasteiger partial charge on any atom is 0.115 e. The van der Waals surface area contributed by atoms with Gasteiger partial charge in [0, 0.05) is 12.6 Å². The van der Waals surface area contributed by atoms with Crippen molar-refractivity contribution in [3.05, 3.63) is 29.8 Å². The Morgan fingerprint density at radius 1 is 1.47 bits per heavy atom. The van der Waals surface area contributed by atoms with Crippen LogP contribution in [0.5, 0.6) is 5.75 Å². The summed E-state index contributed by atoms with van der Waals surface area (Å²) in [4.78, 5) is 0. The molecular weight excluding hydrogens is 186 g/mol. The summed E-state index contributed by atoms with van der Waals surface area (Å²) in [7, 11) is 0. The van der Waals surface area contributed by atoms with E-state index in [0.29, 0.717) is 11.8 Å². The standard InChI is InChI=1S/C13H19NO/c1-10(12-5-3-6-12)14-9-11-4-2-7-13(15)8-11/h2,4,7-8,10,12,14-15H,3,5-6,9H2,1H3. The minimum Gasteiger partial charge on any atom is -0.508 e. The molecule has 1 aromatic rings. The van der Waals surface area contributed by atoms with E-state index in [-0.39, 0.29) is 0 Å². The van der Waals surface area contributed by atoms with Crippen molar-refractivity contribution in [2.24, 2.45) is 5.92 Å². The van der Waals surface area contributed by atoms with E-state index in [4.69, 9.17) is 0 Å². The Labute approximate surface area is 91.3 Å². The second-order valence-corrected chi connectivity index (χ2v) is 4.53. The fourth-order valence-corrected chi connectivity index (χ4v) is 2.05. The highest BCUT2D eigenvalue weighted by molar-refractivity contribution is 5.26. The van der Waals surface area contributed by atoms with Gasteiger partial charge in [0.25, 0.3) is 0 Å². The predicted octanol–water partition coefficient (Wildman–Crippen LogP) is 2.67. The van der Waals surface area contributed by atoms with E-state index < -0.39 is 0 Å². The molecule has 15 heavy (non-hydrogen) atoms. The normalized spacial score (nSPS) is 18.5. The van der Waals surface area contributed by atoms with Crippen molar-refractivity contribution in [1.82, 2.24) is 5.32 Å². The van der Waals surface area contributed by atoms with E-state index in [2.05, 4.69) is 12.2 Å². The van der Waals surface area contributed by atoms with Crippen LogP contribution in [0.2, 0.25) is 0 Å². The first kappa shape index (κ1) is 10.5. The molecule has 1 aliphatic carbocycles. The third-order valence-corrected chi connectivity index (χ3v) is 3.40. The lowest BCUT2D eigenvalue weighted by molar-refractivity contribution is 0.240. The highest BCUT2D eigenvalue weighted by atomic mass is 16.3. The van der Waals surface area contributed by atoms with E-state index in [9.17, 15) is 5.11 Å². The van der Waals surface area contributed by atoms with Gasteiger partial charge in [-0.2, -0.15) is 0 Å². The molecule has 2 heteroatoms. The van der Waals surface area contributed by atoms with Crippen LogP contribution in [0.25, 0.3) is 0 Å². The van der Waals surface area contributed by atoms with Crippen LogP contribution in [0, 0.1) is 5.92 Å². The first-order chi connectivity index (χ1) is 7.25. The first-order valence-corrected chi connectivity index (χ1v) is 5.77. The van der Waals surface area contributed by atoms with Gasteiger partial charge in [0.15, 0.2) is 0 Å². The van der Waals surface area contributed by atoms with Crippen LogP contribution in [-0.4, -0.2) is 11.1 Å². The molecule has 0 amide bonds. The molecule has 1 fully saturated rings. The third kappa shape index (κ3) is 2.72. The lowest BCUT2D eigenvalue weighted by Crippen LogP contribution is -2.36. The van der Waals surface area contributed by atoms with E-state index >= 15 is 0 Å². The van der Waals surface area contributed by atoms with Gasteiger partial charge in [0.1, 0.15) is 5.75 Å². The van der Waals surface area contributed by atoms with Gasteiger partial charge in [-0.15, -0.1) is 0 Å². The zero-order valence-electron chi connectivity index (χ0n) is 9.24. The fourth-order valence-electron chi connectivity index (χ4n) is 2.05. The van der Waals surface area contributed by atoms with Crippen molar-refractivity contribution in [2.45, 2.75) is 38.8 Å². The molecular formula is C13H19NO. The lowest BCUT2D eigenvalue weighted by atomic mass is 9.80. The van der Waals surface area contributed by atoms with Crippen molar-refractivity contribution < 1.29 is 5.11 Å². The van der Waals surface area contributed by atoms with Crippen LogP contribution in [-0.2, 0) is 6.54 Å². The smallest absolute Gasteiger partial charge is 0.115 e. The molecule has 0 radical (unpaired) electrons. The summed E-state index contributed by atoms with van der Waals surface area (Å²) >= 11 is 0. The molecule has 1 atom stereocenters. The Bertz CT molecular complexity index is 320. The van der Waals surface area contributed by atoms with E-state index in [1.54, 1.807) is 6.07 Å². The molecule has 2 rings (SSSR count). The third-order valence-electron chi connectivity index (χ3n) is 3.40. The molecule has 0 spiro atoms. The Balaban J connectivity index is 1.81. The summed E-state index contributed by atoms with van der Waals surface area (Å²) in [5, 5.41) is 12.8. The van der Waals surface area contributed by atoms with Gasteiger partial charge < -0.3 is 10.4 Å². The van der Waals surface area contributed by atoms with Gasteiger partial charge in [0.05, 0.1) is 0 Å². The molecule has 0 heterocycles. The maximum atomic E-state index is 9.32. The van der Waals surface area contributed by atoms with E-state index in [1.165, 1.54) is 19.3 Å². The lowest BCUT2D eigenvalue weighted by Gasteiger charge is -2.32. The number of nitrogens with one attached hydrogen (secondary N) is 1. The van der Waals surface area contributed by atoms with Crippen molar-refractivity contribution in [3.63, 3.8) is 0 Å². The molecule has 0 aliphatic heterocycles. The molecule has 1 aromatic carbocycles. The molecule has 1 aliphatic rings. The number of hydrogen-bond acceptors (Lipinski definition) is 2. The largest absolute Gasteiger partial charge is 0.508 e. The molecule has 1 unspecified atom stereocenters. The highest BCUT2D eigenvalue weighted by Gasteiger charge is 2.23. The van der Waals surface area contributed by atoms with Gasteiger partial charge in [-0.25, -0.2) is 0 Å². The van der Waals surface area contributed by atoms with Gasteiger partial charge in [-0.3, -0.25) is 0 Å². The summed E-state index contributed by atoms with van der Waals surface area (Å²) < 4.78 is 0. The summed E-state index contributed by atoms with van der Waals surface area (Å²) in [6.45, 7) is 3.11. The summed E-state index contributed by atoms with van der Waals surface area (Å²) in [6.07, 6.45) is 4.13. The number of aromatic hydroxyl groups is 1. The Morgan fingerprint density at radius 3 is 2.87 bits per heavy atom. The molecule has 0 aromatic heterocycles. The predicted molar refractivity (Wildman–Crippen MR) is 61.7 cm³/mol. The Kier molecular flexibility index (Phi) is 3.27. The van der Waals surface area contributed by atoms with Gasteiger partial charge in [0.2, 0.25) is 0 Å². The molecule has 0 saturated heterocycles. The summed E-state index contributed by atoms with van der Waals surface area (Å²) in [6, 6.07) is 8.06. The number of benzene rings is 1. The maximum absolute atomic E-state index is 9.32. The quantitative estimate of drug-likeness (QED) is 0.792. The average Bonchev–Trinajstić information content (AvgIpc) is 2.12. The van der Waals surface area contributed by atoms with E-state index in [1.807, 2.05) is 18.2 Å². The second kappa shape index (κ2) is 4.67. The number of hydrogen-bond donors (Lipinski definition) is 2. The van der Waals surface area contributed by atoms with Crippen LogP contribution in [0.4, 0.5) is 0 Å². The van der Waals surface area contributed by atoms with Gasteiger partial charge in [-0.1, -0.05) is 18.6 Å². The Hall–Kier alpha value is -1.02. The topological polar surface area (TPSA) is 32.3 Å². The van der Waals surface area contributed by atoms with Crippen molar-refractivity contribution in [2.75, 3.05) is 0 Å². The number of rotatable bonds is 4. The van der Waals surface area contributed by atoms with Gasteiger partial charge >= 0.3 is 0 Å². The van der Waals surface area contributed by atoms with Crippen molar-refractivity contribution in [3.8, 4) is 5.75 Å². The number of phenols is 1. The van der Waals surface area contributed by atoms with Crippen LogP contribution >= 0.6 is 0 Å². The highest BCUT2D eigenvalue weighted by Crippen LogP contribution is 2.29.